The van der Waals surface area contributed by atoms with Gasteiger partial charge in [-0.1, -0.05) is 6.07 Å². The van der Waals surface area contributed by atoms with Crippen molar-refractivity contribution in [2.24, 2.45) is 11.7 Å². The number of nitrogens with zero attached hydrogens (tertiary/aromatic N) is 1. The number of ether oxygens (including phenoxy) is 2. The molecular formula is C16H26N2O2. The first-order valence-electron chi connectivity index (χ1n) is 7.18. The van der Waals surface area contributed by atoms with Gasteiger partial charge < -0.3 is 15.2 Å². The highest BCUT2D eigenvalue weighted by Crippen LogP contribution is 2.43. The minimum Gasteiger partial charge on any atom is -0.481 e. The third-order valence-electron chi connectivity index (χ3n) is 4.14. The lowest BCUT2D eigenvalue weighted by Crippen LogP contribution is -2.42. The highest BCUT2D eigenvalue weighted by Gasteiger charge is 2.47. The van der Waals surface area contributed by atoms with Gasteiger partial charge in [0.25, 0.3) is 0 Å². The molecule has 0 bridgehead atoms. The molecule has 4 heteroatoms. The average molecular weight is 278 g/mol. The number of rotatable bonds is 4. The van der Waals surface area contributed by atoms with Gasteiger partial charge in [-0.15, -0.1) is 0 Å². The van der Waals surface area contributed by atoms with Crippen molar-refractivity contribution in [1.29, 1.82) is 0 Å². The van der Waals surface area contributed by atoms with E-state index >= 15 is 0 Å². The summed E-state index contributed by atoms with van der Waals surface area (Å²) in [6.45, 7) is 8.55. The largest absolute Gasteiger partial charge is 0.481 e. The van der Waals surface area contributed by atoms with E-state index in [1.54, 1.807) is 7.11 Å². The zero-order valence-electron chi connectivity index (χ0n) is 13.1. The lowest BCUT2D eigenvalue weighted by atomic mass is 9.80. The second-order valence-corrected chi connectivity index (χ2v) is 6.85. The minimum atomic E-state index is -0.178. The van der Waals surface area contributed by atoms with Gasteiger partial charge in [-0.25, -0.2) is 4.98 Å². The summed E-state index contributed by atoms with van der Waals surface area (Å²) in [6.07, 6.45) is 3.64. The Morgan fingerprint density at radius 1 is 1.40 bits per heavy atom. The van der Waals surface area contributed by atoms with Gasteiger partial charge in [0.15, 0.2) is 0 Å². The summed E-state index contributed by atoms with van der Waals surface area (Å²) in [6, 6.07) is 3.98. The van der Waals surface area contributed by atoms with Crippen molar-refractivity contribution >= 4 is 0 Å². The summed E-state index contributed by atoms with van der Waals surface area (Å²) in [7, 11) is 1.62. The average Bonchev–Trinajstić information content (AvgIpc) is 2.58. The van der Waals surface area contributed by atoms with E-state index in [0.717, 1.165) is 18.4 Å². The Morgan fingerprint density at radius 3 is 2.55 bits per heavy atom. The number of methoxy groups -OCH3 is 1. The maximum atomic E-state index is 6.44. The number of aromatic nitrogens is 1. The van der Waals surface area contributed by atoms with Crippen LogP contribution in [-0.2, 0) is 11.2 Å². The van der Waals surface area contributed by atoms with Gasteiger partial charge in [0.2, 0.25) is 5.88 Å². The van der Waals surface area contributed by atoms with E-state index < -0.39 is 0 Å². The van der Waals surface area contributed by atoms with Gasteiger partial charge in [0.1, 0.15) is 0 Å². The maximum Gasteiger partial charge on any atom is 0.212 e. The summed E-state index contributed by atoms with van der Waals surface area (Å²) >= 11 is 0. The number of hydrogen-bond acceptors (Lipinski definition) is 4. The third-order valence-corrected chi connectivity index (χ3v) is 4.14. The zero-order chi connectivity index (χ0) is 15.0. The van der Waals surface area contributed by atoms with E-state index in [1.165, 1.54) is 0 Å². The fraction of sp³-hybridized carbons (Fsp3) is 0.688. The molecule has 1 aliphatic rings. The first kappa shape index (κ1) is 15.3. The second-order valence-electron chi connectivity index (χ2n) is 6.85. The van der Waals surface area contributed by atoms with E-state index in [1.807, 2.05) is 18.3 Å². The Morgan fingerprint density at radius 2 is 2.10 bits per heavy atom. The van der Waals surface area contributed by atoms with Crippen molar-refractivity contribution in [2.75, 3.05) is 7.11 Å². The van der Waals surface area contributed by atoms with Crippen LogP contribution in [-0.4, -0.2) is 29.3 Å². The van der Waals surface area contributed by atoms with Crippen LogP contribution in [0.4, 0.5) is 0 Å². The van der Waals surface area contributed by atoms with E-state index in [-0.39, 0.29) is 17.2 Å². The number of nitrogens with two attached hydrogens (primary N) is 1. The molecular weight excluding hydrogens is 252 g/mol. The van der Waals surface area contributed by atoms with Gasteiger partial charge >= 0.3 is 0 Å². The van der Waals surface area contributed by atoms with Crippen LogP contribution in [0.2, 0.25) is 0 Å². The molecule has 2 unspecified atom stereocenters. The molecule has 1 fully saturated rings. The smallest absolute Gasteiger partial charge is 0.212 e. The fourth-order valence-electron chi connectivity index (χ4n) is 3.34. The molecule has 1 aromatic heterocycles. The quantitative estimate of drug-likeness (QED) is 0.919. The van der Waals surface area contributed by atoms with Gasteiger partial charge in [-0.2, -0.15) is 0 Å². The van der Waals surface area contributed by atoms with Gasteiger partial charge in [-0.3, -0.25) is 0 Å². The Hall–Kier alpha value is -1.13. The molecule has 2 N–H and O–H groups in total. The topological polar surface area (TPSA) is 57.4 Å². The molecule has 112 valence electrons. The van der Waals surface area contributed by atoms with Crippen LogP contribution in [0.5, 0.6) is 5.88 Å². The van der Waals surface area contributed by atoms with E-state index in [2.05, 4.69) is 32.7 Å². The SMILES string of the molecule is COc1ccc(CC(N)C2CC(C)(C)OC2(C)C)cn1. The fourth-order valence-corrected chi connectivity index (χ4v) is 3.34. The van der Waals surface area contributed by atoms with E-state index in [4.69, 9.17) is 15.2 Å². The van der Waals surface area contributed by atoms with Crippen molar-refractivity contribution < 1.29 is 9.47 Å². The molecule has 0 spiro atoms. The molecule has 2 atom stereocenters. The molecule has 4 nitrogen and oxygen atoms in total. The number of pyridine rings is 1. The second kappa shape index (κ2) is 5.34. The normalized spacial score (nSPS) is 25.4. The summed E-state index contributed by atoms with van der Waals surface area (Å²) in [5.41, 5.74) is 7.31. The molecule has 20 heavy (non-hydrogen) atoms. The predicted octanol–water partition coefficient (Wildman–Crippen LogP) is 2.55. The molecule has 2 rings (SSSR count). The van der Waals surface area contributed by atoms with Crippen LogP contribution >= 0.6 is 0 Å². The van der Waals surface area contributed by atoms with Gasteiger partial charge in [0.05, 0.1) is 18.3 Å². The molecule has 0 saturated carbocycles. The summed E-state index contributed by atoms with van der Waals surface area (Å²) in [4.78, 5) is 4.23. The zero-order valence-corrected chi connectivity index (χ0v) is 13.1. The number of hydrogen-bond donors (Lipinski definition) is 1. The Bertz CT molecular complexity index is 454. The molecule has 0 radical (unpaired) electrons. The summed E-state index contributed by atoms with van der Waals surface area (Å²) in [5, 5.41) is 0. The van der Waals surface area contributed by atoms with Crippen molar-refractivity contribution in [3.8, 4) is 5.88 Å². The molecule has 2 heterocycles. The predicted molar refractivity (Wildman–Crippen MR) is 79.8 cm³/mol. The maximum absolute atomic E-state index is 6.44. The standard InChI is InChI=1S/C16H26N2O2/c1-15(2)9-12(16(3,4)20-15)13(17)8-11-6-7-14(19-5)18-10-11/h6-7,10,12-13H,8-9,17H2,1-5H3. The Labute approximate surface area is 121 Å². The van der Waals surface area contributed by atoms with Crippen molar-refractivity contribution in [3.05, 3.63) is 23.9 Å². The van der Waals surface area contributed by atoms with Gasteiger partial charge in [0, 0.05) is 24.2 Å². The molecule has 0 aliphatic carbocycles. The van der Waals surface area contributed by atoms with Crippen LogP contribution in [0.25, 0.3) is 0 Å². The van der Waals surface area contributed by atoms with Crippen LogP contribution in [0, 0.1) is 5.92 Å². The highest BCUT2D eigenvalue weighted by atomic mass is 16.5. The summed E-state index contributed by atoms with van der Waals surface area (Å²) in [5.74, 6) is 0.979. The lowest BCUT2D eigenvalue weighted by Gasteiger charge is -2.31. The Kier molecular flexibility index (Phi) is 4.07. The first-order chi connectivity index (χ1) is 9.23. The summed E-state index contributed by atoms with van der Waals surface area (Å²) < 4.78 is 11.2. The van der Waals surface area contributed by atoms with Crippen molar-refractivity contribution in [3.63, 3.8) is 0 Å². The lowest BCUT2D eigenvalue weighted by molar-refractivity contribution is -0.0765. The highest BCUT2D eigenvalue weighted by molar-refractivity contribution is 5.19. The van der Waals surface area contributed by atoms with Crippen molar-refractivity contribution in [2.45, 2.75) is 57.8 Å². The van der Waals surface area contributed by atoms with Crippen LogP contribution in [0.3, 0.4) is 0 Å². The van der Waals surface area contributed by atoms with Gasteiger partial charge in [-0.05, 0) is 46.1 Å². The van der Waals surface area contributed by atoms with Crippen LogP contribution in [0.15, 0.2) is 18.3 Å². The first-order valence-corrected chi connectivity index (χ1v) is 7.18. The monoisotopic (exact) mass is 278 g/mol. The van der Waals surface area contributed by atoms with E-state index in [0.29, 0.717) is 11.8 Å². The molecule has 0 aromatic carbocycles. The van der Waals surface area contributed by atoms with Crippen LogP contribution < -0.4 is 10.5 Å². The molecule has 1 saturated heterocycles. The third kappa shape index (κ3) is 3.30. The molecule has 1 aliphatic heterocycles. The molecule has 0 amide bonds. The van der Waals surface area contributed by atoms with E-state index in [9.17, 15) is 0 Å². The van der Waals surface area contributed by atoms with Crippen molar-refractivity contribution in [1.82, 2.24) is 4.98 Å². The minimum absolute atomic E-state index is 0.0713. The Balaban J connectivity index is 2.05. The molecule has 1 aromatic rings. The van der Waals surface area contributed by atoms with Crippen LogP contribution in [0.1, 0.15) is 39.7 Å².